The fourth-order valence-corrected chi connectivity index (χ4v) is 5.23. The molecule has 0 aromatic heterocycles. The first-order valence-electron chi connectivity index (χ1n) is 12.1. The van der Waals surface area contributed by atoms with Crippen molar-refractivity contribution in [3.05, 3.63) is 109 Å². The number of aryl methyl sites for hydroxylation is 1. The first-order valence-corrected chi connectivity index (χ1v) is 14.1. The van der Waals surface area contributed by atoms with Crippen molar-refractivity contribution in [2.75, 3.05) is 13.7 Å². The zero-order valence-electron chi connectivity index (χ0n) is 21.9. The third kappa shape index (κ3) is 6.96. The largest absolute Gasteiger partial charge is 0.506 e. The highest BCUT2D eigenvalue weighted by atomic mass is 79.9. The molecule has 0 unspecified atom stereocenters. The van der Waals surface area contributed by atoms with E-state index in [2.05, 4.69) is 20.9 Å². The van der Waals surface area contributed by atoms with Gasteiger partial charge in [-0.15, -0.1) is 0 Å². The van der Waals surface area contributed by atoms with E-state index in [1.807, 2.05) is 19.1 Å². The molecule has 3 aromatic rings. The van der Waals surface area contributed by atoms with Crippen LogP contribution >= 0.6 is 39.3 Å². The Morgan fingerprint density at radius 1 is 1.07 bits per heavy atom. The highest BCUT2D eigenvalue weighted by Crippen LogP contribution is 2.42. The zero-order chi connectivity index (χ0) is 28.8. The monoisotopic (exact) mass is 641 g/mol. The number of aliphatic hydroxyl groups is 1. The number of aliphatic imine (C=N–C) groups is 1. The summed E-state index contributed by atoms with van der Waals surface area (Å²) in [6, 6.07) is 17.7. The molecule has 0 atom stereocenters. The molecule has 0 saturated heterocycles. The summed E-state index contributed by atoms with van der Waals surface area (Å²) < 4.78 is 17.3. The summed E-state index contributed by atoms with van der Waals surface area (Å²) in [5.41, 5.74) is 2.77. The lowest BCUT2D eigenvalue weighted by atomic mass is 10.1. The quantitative estimate of drug-likeness (QED) is 0.252. The number of hydrogen-bond donors (Lipinski definition) is 1. The smallest absolute Gasteiger partial charge is 0.344 e. The number of methoxy groups -OCH3 is 1. The van der Waals surface area contributed by atoms with Crippen LogP contribution in [-0.4, -0.2) is 35.7 Å². The molecule has 4 rings (SSSR count). The van der Waals surface area contributed by atoms with E-state index >= 15 is 0 Å². The van der Waals surface area contributed by atoms with Crippen LogP contribution in [0.1, 0.15) is 34.0 Å². The predicted octanol–water partition coefficient (Wildman–Crippen LogP) is 7.70. The van der Waals surface area contributed by atoms with Gasteiger partial charge in [0.05, 0.1) is 18.6 Å². The van der Waals surface area contributed by atoms with Gasteiger partial charge in [0.1, 0.15) is 23.0 Å². The summed E-state index contributed by atoms with van der Waals surface area (Å²) in [6.45, 7) is 3.97. The Balaban J connectivity index is 1.65. The molecular formula is C30H25BrClNO6S. The molecule has 7 nitrogen and oxygen atoms in total. The summed E-state index contributed by atoms with van der Waals surface area (Å²) in [7, 11) is 1.53. The third-order valence-corrected chi connectivity index (χ3v) is 7.71. The number of halogens is 2. The van der Waals surface area contributed by atoms with Crippen LogP contribution in [0.25, 0.3) is 6.08 Å². The van der Waals surface area contributed by atoms with Gasteiger partial charge >= 0.3 is 5.97 Å². The SMILES string of the molecule is CCOC(=O)C1=C(O)/C(=C/c2cc(OC)c(OCc3ccc(Cl)cc3)cc2Br)SC1=NC(=O)c1ccc(C)cc1. The molecule has 1 amide bonds. The molecule has 0 saturated carbocycles. The predicted molar refractivity (Wildman–Crippen MR) is 161 cm³/mol. The maximum absolute atomic E-state index is 12.8. The number of carbonyl (C=O) groups excluding carboxylic acids is 2. The lowest BCUT2D eigenvalue weighted by molar-refractivity contribution is -0.138. The molecule has 1 N–H and O–H groups in total. The number of rotatable bonds is 8. The van der Waals surface area contributed by atoms with Crippen molar-refractivity contribution < 1.29 is 28.9 Å². The average Bonchev–Trinajstić information content (AvgIpc) is 3.24. The summed E-state index contributed by atoms with van der Waals surface area (Å²) in [4.78, 5) is 30.0. The van der Waals surface area contributed by atoms with Gasteiger partial charge in [-0.05, 0) is 67.4 Å². The van der Waals surface area contributed by atoms with E-state index in [-0.39, 0.29) is 23.0 Å². The normalized spacial score (nSPS) is 15.0. The molecule has 0 spiro atoms. The summed E-state index contributed by atoms with van der Waals surface area (Å²) >= 11 is 10.5. The lowest BCUT2D eigenvalue weighted by Crippen LogP contribution is -2.14. The van der Waals surface area contributed by atoms with E-state index in [0.717, 1.165) is 22.9 Å². The lowest BCUT2D eigenvalue weighted by Gasteiger charge is -2.13. The number of amides is 1. The van der Waals surface area contributed by atoms with Crippen LogP contribution in [0.5, 0.6) is 11.5 Å². The molecular weight excluding hydrogens is 618 g/mol. The number of carbonyl (C=O) groups is 2. The molecule has 1 heterocycles. The van der Waals surface area contributed by atoms with Gasteiger partial charge < -0.3 is 19.3 Å². The van der Waals surface area contributed by atoms with E-state index < -0.39 is 11.9 Å². The van der Waals surface area contributed by atoms with Crippen molar-refractivity contribution in [3.63, 3.8) is 0 Å². The van der Waals surface area contributed by atoms with Crippen molar-refractivity contribution in [1.82, 2.24) is 0 Å². The number of hydrogen-bond acceptors (Lipinski definition) is 7. The van der Waals surface area contributed by atoms with Crippen molar-refractivity contribution >= 4 is 62.3 Å². The van der Waals surface area contributed by atoms with Crippen LogP contribution in [-0.2, 0) is 16.1 Å². The molecule has 206 valence electrons. The van der Waals surface area contributed by atoms with Crippen LogP contribution in [0.3, 0.4) is 0 Å². The highest BCUT2D eigenvalue weighted by molar-refractivity contribution is 9.10. The first kappa shape index (κ1) is 29.5. The fraction of sp³-hybridized carbons (Fsp3) is 0.167. The summed E-state index contributed by atoms with van der Waals surface area (Å²) in [5.74, 6) is -0.668. The Hall–Kier alpha value is -3.53. The Morgan fingerprint density at radius 2 is 1.77 bits per heavy atom. The van der Waals surface area contributed by atoms with Gasteiger partial charge in [0.2, 0.25) is 0 Å². The first-order chi connectivity index (χ1) is 19.2. The van der Waals surface area contributed by atoms with Crippen LogP contribution in [0, 0.1) is 6.92 Å². The minimum Gasteiger partial charge on any atom is -0.506 e. The second-order valence-corrected chi connectivity index (χ2v) is 10.9. The van der Waals surface area contributed by atoms with E-state index in [9.17, 15) is 14.7 Å². The molecule has 1 aliphatic heterocycles. The molecule has 1 aliphatic rings. The molecule has 0 bridgehead atoms. The minimum atomic E-state index is -0.769. The van der Waals surface area contributed by atoms with Crippen LogP contribution in [0.2, 0.25) is 5.02 Å². The number of nitrogens with zero attached hydrogens (tertiary/aromatic N) is 1. The van der Waals surface area contributed by atoms with Gasteiger partial charge in [-0.3, -0.25) is 4.79 Å². The number of esters is 1. The molecule has 40 heavy (non-hydrogen) atoms. The Bertz CT molecular complexity index is 1530. The minimum absolute atomic E-state index is 0.0544. The second-order valence-electron chi connectivity index (χ2n) is 8.58. The topological polar surface area (TPSA) is 94.4 Å². The average molecular weight is 643 g/mol. The zero-order valence-corrected chi connectivity index (χ0v) is 25.0. The molecule has 0 radical (unpaired) electrons. The van der Waals surface area contributed by atoms with Crippen LogP contribution < -0.4 is 9.47 Å². The van der Waals surface area contributed by atoms with Crippen molar-refractivity contribution in [2.45, 2.75) is 20.5 Å². The van der Waals surface area contributed by atoms with Gasteiger partial charge in [0.25, 0.3) is 5.91 Å². The molecule has 3 aromatic carbocycles. The van der Waals surface area contributed by atoms with Crippen LogP contribution in [0.15, 0.2) is 86.4 Å². The van der Waals surface area contributed by atoms with Crippen molar-refractivity contribution in [2.24, 2.45) is 4.99 Å². The van der Waals surface area contributed by atoms with Gasteiger partial charge in [-0.2, -0.15) is 0 Å². The molecule has 10 heteroatoms. The number of benzene rings is 3. The second kappa shape index (κ2) is 13.2. The Kier molecular flexibility index (Phi) is 9.73. The summed E-state index contributed by atoms with van der Waals surface area (Å²) in [5, 5.41) is 11.7. The standard InChI is InChI=1S/C30H25BrClNO6S/c1-4-38-30(36)26-27(34)25(40-29(26)33-28(35)19-9-5-17(2)6-10-19)14-20-13-23(37-3)24(15-22(20)31)39-16-18-7-11-21(32)12-8-18/h5-15,34H,4,16H2,1-3H3/b25-14-,33-29?. The number of thioether (sulfide) groups is 1. The number of aliphatic hydroxyl groups excluding tert-OH is 1. The third-order valence-electron chi connectivity index (χ3n) is 5.75. The number of ether oxygens (including phenoxy) is 3. The van der Waals surface area contributed by atoms with E-state index in [1.54, 1.807) is 61.5 Å². The van der Waals surface area contributed by atoms with Gasteiger partial charge in [-0.1, -0.05) is 69.1 Å². The van der Waals surface area contributed by atoms with Gasteiger partial charge in [-0.25, -0.2) is 9.79 Å². The van der Waals surface area contributed by atoms with E-state index in [4.69, 9.17) is 25.8 Å². The van der Waals surface area contributed by atoms with Crippen molar-refractivity contribution in [3.8, 4) is 11.5 Å². The van der Waals surface area contributed by atoms with Crippen LogP contribution in [0.4, 0.5) is 0 Å². The molecule has 0 aliphatic carbocycles. The van der Waals surface area contributed by atoms with Crippen molar-refractivity contribution in [1.29, 1.82) is 0 Å². The maximum atomic E-state index is 12.8. The van der Waals surface area contributed by atoms with E-state index in [1.165, 1.54) is 7.11 Å². The van der Waals surface area contributed by atoms with Gasteiger partial charge in [0, 0.05) is 15.1 Å². The summed E-state index contributed by atoms with van der Waals surface area (Å²) in [6.07, 6.45) is 1.66. The molecule has 0 fully saturated rings. The van der Waals surface area contributed by atoms with Gasteiger partial charge in [0.15, 0.2) is 11.5 Å². The Morgan fingerprint density at radius 3 is 2.42 bits per heavy atom. The van der Waals surface area contributed by atoms with E-state index in [0.29, 0.717) is 43.6 Å². The maximum Gasteiger partial charge on any atom is 0.344 e. The fourth-order valence-electron chi connectivity index (χ4n) is 3.66. The Labute approximate surface area is 249 Å². The highest BCUT2D eigenvalue weighted by Gasteiger charge is 2.34.